The molecule has 4 heterocycles. The van der Waals surface area contributed by atoms with Crippen LogP contribution >= 0.6 is 11.6 Å². The Balaban J connectivity index is 1.60. The van der Waals surface area contributed by atoms with Crippen molar-refractivity contribution in [2.24, 2.45) is 0 Å². The Hall–Kier alpha value is -2.32. The molecule has 0 aliphatic carbocycles. The van der Waals surface area contributed by atoms with Crippen molar-refractivity contribution in [1.29, 1.82) is 0 Å². The predicted molar refractivity (Wildman–Crippen MR) is 78.0 cm³/mol. The zero-order valence-corrected chi connectivity index (χ0v) is 12.1. The highest BCUT2D eigenvalue weighted by atomic mass is 35.5. The number of halogens is 1. The maximum Gasteiger partial charge on any atom is 0.296 e. The third kappa shape index (κ3) is 2.58. The van der Waals surface area contributed by atoms with Crippen LogP contribution in [-0.2, 0) is 11.3 Å². The number of anilines is 1. The first-order chi connectivity index (χ1) is 10.8. The van der Waals surface area contributed by atoms with Crippen LogP contribution in [-0.4, -0.2) is 39.3 Å². The lowest BCUT2D eigenvalue weighted by molar-refractivity contribution is -0.0827. The van der Waals surface area contributed by atoms with Crippen LogP contribution in [0.4, 0.5) is 5.82 Å². The predicted octanol–water partition coefficient (Wildman–Crippen LogP) is 1.99. The van der Waals surface area contributed by atoms with Crippen LogP contribution in [0.2, 0.25) is 5.28 Å². The molecule has 114 valence electrons. The van der Waals surface area contributed by atoms with Gasteiger partial charge < -0.3 is 24.2 Å². The summed E-state index contributed by atoms with van der Waals surface area (Å²) in [5.74, 6) is 1.32. The molecule has 9 heteroatoms. The first kappa shape index (κ1) is 13.4. The van der Waals surface area contributed by atoms with Crippen molar-refractivity contribution in [3.8, 4) is 6.01 Å². The van der Waals surface area contributed by atoms with Crippen molar-refractivity contribution < 1.29 is 13.9 Å². The fourth-order valence-electron chi connectivity index (χ4n) is 2.06. The van der Waals surface area contributed by atoms with Gasteiger partial charge in [0.1, 0.15) is 17.4 Å². The summed E-state index contributed by atoms with van der Waals surface area (Å²) in [6.07, 6.45) is 1.63. The summed E-state index contributed by atoms with van der Waals surface area (Å²) in [6, 6.07) is 4.06. The van der Waals surface area contributed by atoms with E-state index in [0.717, 1.165) is 5.76 Å². The molecule has 1 aliphatic heterocycles. The Morgan fingerprint density at radius 2 is 2.27 bits per heavy atom. The molecule has 3 aromatic heterocycles. The van der Waals surface area contributed by atoms with Crippen molar-refractivity contribution in [3.05, 3.63) is 29.4 Å². The van der Waals surface area contributed by atoms with Gasteiger partial charge in [0.05, 0.1) is 26.0 Å². The summed E-state index contributed by atoms with van der Waals surface area (Å²) >= 11 is 5.94. The third-order valence-electron chi connectivity index (χ3n) is 3.20. The fourth-order valence-corrected chi connectivity index (χ4v) is 2.22. The summed E-state index contributed by atoms with van der Waals surface area (Å²) in [5.41, 5.74) is 1.07. The van der Waals surface area contributed by atoms with Gasteiger partial charge in [0.2, 0.25) is 5.28 Å². The number of furan rings is 1. The van der Waals surface area contributed by atoms with E-state index in [9.17, 15) is 0 Å². The number of hydrogen-bond donors (Lipinski definition) is 2. The van der Waals surface area contributed by atoms with E-state index in [2.05, 4.69) is 25.3 Å². The highest BCUT2D eigenvalue weighted by Crippen LogP contribution is 2.24. The Kier molecular flexibility index (Phi) is 3.32. The smallest absolute Gasteiger partial charge is 0.296 e. The monoisotopic (exact) mass is 321 g/mol. The molecule has 22 heavy (non-hydrogen) atoms. The Morgan fingerprint density at radius 3 is 3.00 bits per heavy atom. The number of fused-ring (bicyclic) bond motifs is 1. The van der Waals surface area contributed by atoms with E-state index in [1.165, 1.54) is 0 Å². The van der Waals surface area contributed by atoms with Gasteiger partial charge in [0, 0.05) is 0 Å². The normalized spacial score (nSPS) is 15.0. The topological polar surface area (TPSA) is 98.1 Å². The molecule has 0 aromatic carbocycles. The number of hydrogen-bond acceptors (Lipinski definition) is 7. The number of aromatic amines is 1. The highest BCUT2D eigenvalue weighted by Gasteiger charge is 2.22. The number of nitrogens with zero attached hydrogens (tertiary/aromatic N) is 3. The van der Waals surface area contributed by atoms with Crippen LogP contribution < -0.4 is 10.1 Å². The maximum absolute atomic E-state index is 5.94. The van der Waals surface area contributed by atoms with Crippen LogP contribution in [0.3, 0.4) is 0 Å². The SMILES string of the molecule is Clc1nc(NCc2ccco2)c2[nH]c(OC3COC3)nc2n1. The average Bonchev–Trinajstić information content (AvgIpc) is 3.09. The van der Waals surface area contributed by atoms with Crippen LogP contribution in [0.5, 0.6) is 6.01 Å². The third-order valence-corrected chi connectivity index (χ3v) is 3.37. The molecular weight excluding hydrogens is 310 g/mol. The van der Waals surface area contributed by atoms with E-state index in [0.29, 0.717) is 42.8 Å². The molecule has 0 radical (unpaired) electrons. The van der Waals surface area contributed by atoms with Crippen molar-refractivity contribution in [2.75, 3.05) is 18.5 Å². The molecule has 1 fully saturated rings. The van der Waals surface area contributed by atoms with Gasteiger partial charge in [0.25, 0.3) is 6.01 Å². The van der Waals surface area contributed by atoms with E-state index in [4.69, 9.17) is 25.5 Å². The van der Waals surface area contributed by atoms with Crippen molar-refractivity contribution in [2.45, 2.75) is 12.6 Å². The maximum atomic E-state index is 5.94. The van der Waals surface area contributed by atoms with Crippen molar-refractivity contribution in [3.63, 3.8) is 0 Å². The van der Waals surface area contributed by atoms with Gasteiger partial charge in [-0.2, -0.15) is 15.0 Å². The van der Waals surface area contributed by atoms with E-state index in [-0.39, 0.29) is 11.4 Å². The minimum Gasteiger partial charge on any atom is -0.467 e. The minimum atomic E-state index is 0.0171. The second-order valence-electron chi connectivity index (χ2n) is 4.79. The lowest BCUT2D eigenvalue weighted by Gasteiger charge is -2.25. The summed E-state index contributed by atoms with van der Waals surface area (Å²) in [7, 11) is 0. The Morgan fingerprint density at radius 1 is 1.36 bits per heavy atom. The van der Waals surface area contributed by atoms with Crippen LogP contribution in [0.25, 0.3) is 11.2 Å². The summed E-state index contributed by atoms with van der Waals surface area (Å²) < 4.78 is 16.0. The molecule has 0 atom stereocenters. The first-order valence-corrected chi connectivity index (χ1v) is 7.09. The van der Waals surface area contributed by atoms with E-state index in [1.54, 1.807) is 6.26 Å². The van der Waals surface area contributed by atoms with Crippen LogP contribution in [0.1, 0.15) is 5.76 Å². The number of H-pyrrole nitrogens is 1. The van der Waals surface area contributed by atoms with Gasteiger partial charge in [-0.3, -0.25) is 0 Å². The molecule has 0 saturated carbocycles. The van der Waals surface area contributed by atoms with Gasteiger partial charge in [0.15, 0.2) is 11.5 Å². The number of aromatic nitrogens is 4. The van der Waals surface area contributed by atoms with Crippen LogP contribution in [0.15, 0.2) is 22.8 Å². The molecule has 0 unspecified atom stereocenters. The van der Waals surface area contributed by atoms with Gasteiger partial charge in [-0.1, -0.05) is 0 Å². The molecule has 1 aliphatic rings. The lowest BCUT2D eigenvalue weighted by atomic mass is 10.3. The van der Waals surface area contributed by atoms with Gasteiger partial charge in [-0.25, -0.2) is 0 Å². The molecule has 3 aromatic rings. The number of nitrogens with one attached hydrogen (secondary N) is 2. The van der Waals surface area contributed by atoms with Gasteiger partial charge >= 0.3 is 0 Å². The summed E-state index contributed by atoms with van der Waals surface area (Å²) in [4.78, 5) is 15.6. The standard InChI is InChI=1S/C13H12ClN5O3/c14-12-17-10(15-4-7-2-1-3-21-7)9-11(18-12)19-13(16-9)22-8-5-20-6-8/h1-3,8H,4-6H2,(H2,15,16,17,18,19). The second-order valence-corrected chi connectivity index (χ2v) is 5.13. The quantitative estimate of drug-likeness (QED) is 0.693. The molecule has 0 amide bonds. The number of rotatable bonds is 5. The second kappa shape index (κ2) is 5.47. The lowest BCUT2D eigenvalue weighted by Crippen LogP contribution is -2.38. The minimum absolute atomic E-state index is 0.0171. The molecule has 0 spiro atoms. The first-order valence-electron chi connectivity index (χ1n) is 6.72. The molecule has 8 nitrogen and oxygen atoms in total. The Bertz CT molecular complexity index is 784. The van der Waals surface area contributed by atoms with E-state index < -0.39 is 0 Å². The van der Waals surface area contributed by atoms with Crippen molar-refractivity contribution in [1.82, 2.24) is 19.9 Å². The summed E-state index contributed by atoms with van der Waals surface area (Å²) in [6.45, 7) is 1.60. The summed E-state index contributed by atoms with van der Waals surface area (Å²) in [5, 5.41) is 3.26. The van der Waals surface area contributed by atoms with Gasteiger partial charge in [-0.05, 0) is 23.7 Å². The van der Waals surface area contributed by atoms with E-state index in [1.807, 2.05) is 12.1 Å². The molecule has 2 N–H and O–H groups in total. The zero-order valence-electron chi connectivity index (χ0n) is 11.4. The fraction of sp³-hybridized carbons (Fsp3) is 0.308. The highest BCUT2D eigenvalue weighted by molar-refractivity contribution is 6.28. The molecule has 1 saturated heterocycles. The number of imidazole rings is 1. The molecule has 4 rings (SSSR count). The largest absolute Gasteiger partial charge is 0.467 e. The molecular formula is C13H12ClN5O3. The van der Waals surface area contributed by atoms with Crippen molar-refractivity contribution >= 4 is 28.6 Å². The average molecular weight is 322 g/mol. The zero-order chi connectivity index (χ0) is 14.9. The van der Waals surface area contributed by atoms with Crippen LogP contribution in [0, 0.1) is 0 Å². The Labute approximate surface area is 129 Å². The number of ether oxygens (including phenoxy) is 2. The van der Waals surface area contributed by atoms with E-state index >= 15 is 0 Å². The van der Waals surface area contributed by atoms with Gasteiger partial charge in [-0.15, -0.1) is 0 Å². The molecule has 0 bridgehead atoms.